The molecule has 2 heterocycles. The van der Waals surface area contributed by atoms with Crippen LogP contribution in [0.3, 0.4) is 0 Å². The van der Waals surface area contributed by atoms with Crippen LogP contribution in [0.1, 0.15) is 15.2 Å². The monoisotopic (exact) mass is 314 g/mol. The van der Waals surface area contributed by atoms with E-state index in [1.54, 1.807) is 12.1 Å². The summed E-state index contributed by atoms with van der Waals surface area (Å²) in [6.07, 6.45) is 0. The number of hydrogen-bond donors (Lipinski definition) is 1. The average Bonchev–Trinajstić information content (AvgIpc) is 2.72. The second kappa shape index (κ2) is 4.06. The summed E-state index contributed by atoms with van der Waals surface area (Å²) < 4.78 is 24.3. The molecular formula is C12H7ClO4S2. The predicted molar refractivity (Wildman–Crippen MR) is 72.6 cm³/mol. The van der Waals surface area contributed by atoms with Gasteiger partial charge in [-0.25, -0.2) is 13.2 Å². The average molecular weight is 315 g/mol. The van der Waals surface area contributed by atoms with E-state index in [4.69, 9.17) is 16.7 Å². The third kappa shape index (κ3) is 1.96. The van der Waals surface area contributed by atoms with E-state index in [9.17, 15) is 13.2 Å². The van der Waals surface area contributed by atoms with Gasteiger partial charge < -0.3 is 5.11 Å². The van der Waals surface area contributed by atoms with E-state index in [1.807, 2.05) is 0 Å². The number of benzene rings is 1. The highest BCUT2D eigenvalue weighted by Crippen LogP contribution is 2.43. The van der Waals surface area contributed by atoms with Crippen molar-refractivity contribution < 1.29 is 18.3 Å². The Hall–Kier alpha value is -1.37. The Labute approximate surface area is 118 Å². The fourth-order valence-electron chi connectivity index (χ4n) is 2.09. The number of carboxylic acid groups (broad SMARTS) is 1. The molecule has 0 radical (unpaired) electrons. The van der Waals surface area contributed by atoms with E-state index in [1.165, 1.54) is 12.1 Å². The molecule has 1 aromatic carbocycles. The lowest BCUT2D eigenvalue weighted by molar-refractivity contribution is 0.0702. The van der Waals surface area contributed by atoms with Crippen molar-refractivity contribution in [3.8, 4) is 10.4 Å². The molecule has 2 aromatic rings. The fraction of sp³-hybridized carbons (Fsp3) is 0.0833. The number of sulfone groups is 1. The van der Waals surface area contributed by atoms with E-state index in [-0.39, 0.29) is 15.5 Å². The molecule has 0 saturated carbocycles. The van der Waals surface area contributed by atoms with Crippen molar-refractivity contribution in [2.45, 2.75) is 10.6 Å². The maximum Gasteiger partial charge on any atom is 0.345 e. The first-order chi connectivity index (χ1) is 8.88. The van der Waals surface area contributed by atoms with Crippen molar-refractivity contribution in [2.24, 2.45) is 0 Å². The molecule has 98 valence electrons. The lowest BCUT2D eigenvalue weighted by Crippen LogP contribution is -2.11. The molecule has 0 unspecified atom stereocenters. The number of thiophene rings is 1. The quantitative estimate of drug-likeness (QED) is 0.878. The molecule has 0 spiro atoms. The molecule has 1 aromatic heterocycles. The van der Waals surface area contributed by atoms with Gasteiger partial charge in [0.25, 0.3) is 0 Å². The molecule has 3 rings (SSSR count). The zero-order valence-electron chi connectivity index (χ0n) is 9.38. The Bertz CT molecular complexity index is 805. The molecule has 0 fully saturated rings. The number of rotatable bonds is 1. The molecule has 0 saturated heterocycles. The predicted octanol–water partition coefficient (Wildman–Crippen LogP) is 3.05. The SMILES string of the molecule is O=C(O)c1cc2c(s1)-c1ccc(Cl)cc1S(=O)(=O)C2. The van der Waals surface area contributed by atoms with Crippen LogP contribution in [-0.4, -0.2) is 19.5 Å². The Morgan fingerprint density at radius 1 is 1.32 bits per heavy atom. The van der Waals surface area contributed by atoms with Crippen molar-refractivity contribution in [1.29, 1.82) is 0 Å². The van der Waals surface area contributed by atoms with E-state index >= 15 is 0 Å². The molecule has 0 aliphatic carbocycles. The van der Waals surface area contributed by atoms with Crippen LogP contribution in [0.5, 0.6) is 0 Å². The minimum Gasteiger partial charge on any atom is -0.477 e. The van der Waals surface area contributed by atoms with Gasteiger partial charge in [-0.2, -0.15) is 0 Å². The maximum atomic E-state index is 12.2. The lowest BCUT2D eigenvalue weighted by atomic mass is 10.1. The third-order valence-electron chi connectivity index (χ3n) is 2.89. The molecule has 19 heavy (non-hydrogen) atoms. The molecule has 1 aliphatic heterocycles. The van der Waals surface area contributed by atoms with E-state index in [2.05, 4.69) is 0 Å². The van der Waals surface area contributed by atoms with Gasteiger partial charge in [0.1, 0.15) is 4.88 Å². The van der Waals surface area contributed by atoms with Crippen LogP contribution in [0.4, 0.5) is 0 Å². The van der Waals surface area contributed by atoms with Crippen molar-refractivity contribution >= 4 is 38.7 Å². The minimum absolute atomic E-state index is 0.142. The molecule has 0 bridgehead atoms. The van der Waals surface area contributed by atoms with Crippen LogP contribution in [0.15, 0.2) is 29.2 Å². The number of carbonyl (C=O) groups is 1. The van der Waals surface area contributed by atoms with Crippen LogP contribution in [0, 0.1) is 0 Å². The van der Waals surface area contributed by atoms with Gasteiger partial charge in [-0.3, -0.25) is 0 Å². The van der Waals surface area contributed by atoms with Gasteiger partial charge in [-0.15, -0.1) is 11.3 Å². The highest BCUT2D eigenvalue weighted by atomic mass is 35.5. The van der Waals surface area contributed by atoms with Gasteiger partial charge >= 0.3 is 5.97 Å². The maximum absolute atomic E-state index is 12.2. The lowest BCUT2D eigenvalue weighted by Gasteiger charge is -2.16. The molecule has 0 atom stereocenters. The summed E-state index contributed by atoms with van der Waals surface area (Å²) in [6.45, 7) is 0. The smallest absolute Gasteiger partial charge is 0.345 e. The van der Waals surface area contributed by atoms with Crippen molar-refractivity contribution in [3.05, 3.63) is 39.7 Å². The summed E-state index contributed by atoms with van der Waals surface area (Å²) in [4.78, 5) is 12.0. The van der Waals surface area contributed by atoms with Crippen LogP contribution < -0.4 is 0 Å². The number of fused-ring (bicyclic) bond motifs is 3. The first-order valence-corrected chi connectivity index (χ1v) is 8.12. The molecule has 0 amide bonds. The minimum atomic E-state index is -3.46. The summed E-state index contributed by atoms with van der Waals surface area (Å²) >= 11 is 6.92. The van der Waals surface area contributed by atoms with E-state index in [0.29, 0.717) is 21.0 Å². The van der Waals surface area contributed by atoms with Gasteiger partial charge in [0.2, 0.25) is 0 Å². The Morgan fingerprint density at radius 3 is 2.74 bits per heavy atom. The Balaban J connectivity index is 2.33. The summed E-state index contributed by atoms with van der Waals surface area (Å²) in [5, 5.41) is 9.34. The molecule has 1 N–H and O–H groups in total. The largest absolute Gasteiger partial charge is 0.477 e. The zero-order chi connectivity index (χ0) is 13.8. The second-order valence-corrected chi connectivity index (χ2v) is 7.62. The third-order valence-corrected chi connectivity index (χ3v) is 6.02. The molecule has 7 heteroatoms. The molecular weight excluding hydrogens is 308 g/mol. The van der Waals surface area contributed by atoms with Crippen LogP contribution in [-0.2, 0) is 15.6 Å². The zero-order valence-corrected chi connectivity index (χ0v) is 11.8. The number of hydrogen-bond acceptors (Lipinski definition) is 4. The van der Waals surface area contributed by atoms with E-state index in [0.717, 1.165) is 11.3 Å². The standard InChI is InChI=1S/C12H7ClO4S2/c13-7-1-2-8-10(4-7)19(16,17)5-6-3-9(12(14)15)18-11(6)8/h1-4H,5H2,(H,14,15). The van der Waals surface area contributed by atoms with E-state index < -0.39 is 15.8 Å². The highest BCUT2D eigenvalue weighted by Gasteiger charge is 2.30. The van der Waals surface area contributed by atoms with Gasteiger partial charge in [-0.05, 0) is 23.8 Å². The van der Waals surface area contributed by atoms with Crippen molar-refractivity contribution in [2.75, 3.05) is 0 Å². The fourth-order valence-corrected chi connectivity index (χ4v) is 5.15. The van der Waals surface area contributed by atoms with Gasteiger partial charge in [-0.1, -0.05) is 17.7 Å². The summed E-state index contributed by atoms with van der Waals surface area (Å²) in [7, 11) is -3.46. The summed E-state index contributed by atoms with van der Waals surface area (Å²) in [5.41, 5.74) is 1.07. The Morgan fingerprint density at radius 2 is 2.05 bits per heavy atom. The normalized spacial score (nSPS) is 15.6. The summed E-state index contributed by atoms with van der Waals surface area (Å²) in [6, 6.07) is 6.06. The second-order valence-electron chi connectivity index (χ2n) is 4.17. The van der Waals surface area contributed by atoms with Gasteiger partial charge in [0.05, 0.1) is 10.6 Å². The first kappa shape index (κ1) is 12.7. The van der Waals surface area contributed by atoms with Gasteiger partial charge in [0.15, 0.2) is 9.84 Å². The topological polar surface area (TPSA) is 71.4 Å². The number of carboxylic acids is 1. The summed E-state index contributed by atoms with van der Waals surface area (Å²) in [5.74, 6) is -1.23. The first-order valence-electron chi connectivity index (χ1n) is 5.27. The molecule has 1 aliphatic rings. The highest BCUT2D eigenvalue weighted by molar-refractivity contribution is 7.91. The van der Waals surface area contributed by atoms with Crippen LogP contribution in [0.25, 0.3) is 10.4 Å². The van der Waals surface area contributed by atoms with Crippen LogP contribution >= 0.6 is 22.9 Å². The van der Waals surface area contributed by atoms with Crippen LogP contribution in [0.2, 0.25) is 5.02 Å². The number of aromatic carboxylic acids is 1. The molecule has 4 nitrogen and oxygen atoms in total. The van der Waals surface area contributed by atoms with Crippen molar-refractivity contribution in [3.63, 3.8) is 0 Å². The Kier molecular flexibility index (Phi) is 2.70. The van der Waals surface area contributed by atoms with Gasteiger partial charge in [0, 0.05) is 15.5 Å². The number of halogens is 1. The van der Waals surface area contributed by atoms with Crippen molar-refractivity contribution in [1.82, 2.24) is 0 Å².